The lowest BCUT2D eigenvalue weighted by Gasteiger charge is -2.13. The lowest BCUT2D eigenvalue weighted by Crippen LogP contribution is -2.17. The van der Waals surface area contributed by atoms with Gasteiger partial charge in [0.25, 0.3) is 0 Å². The predicted molar refractivity (Wildman–Crippen MR) is 119 cm³/mol. The Morgan fingerprint density at radius 2 is 1.48 bits per heavy atom. The molecule has 1 N–H and O–H groups in total. The van der Waals surface area contributed by atoms with E-state index in [1.54, 1.807) is 6.07 Å². The molecular formula is C23H40NO2S. The highest BCUT2D eigenvalue weighted by atomic mass is 32.2. The van der Waals surface area contributed by atoms with E-state index in [9.17, 15) is 8.42 Å². The fourth-order valence-electron chi connectivity index (χ4n) is 3.59. The molecule has 0 amide bonds. The first-order chi connectivity index (χ1) is 13.0. The van der Waals surface area contributed by atoms with Crippen molar-refractivity contribution in [2.45, 2.75) is 90.9 Å². The molecule has 1 atom stereocenters. The van der Waals surface area contributed by atoms with Crippen molar-refractivity contribution in [3.63, 3.8) is 0 Å². The molecule has 1 radical (unpaired) electrons. The van der Waals surface area contributed by atoms with Crippen LogP contribution in [-0.2, 0) is 10.0 Å². The molecule has 0 aliphatic rings. The van der Waals surface area contributed by atoms with E-state index in [-0.39, 0.29) is 5.75 Å². The smallest absolute Gasteiger partial charge is 0.232 e. The Balaban J connectivity index is 2.03. The highest BCUT2D eigenvalue weighted by molar-refractivity contribution is 7.92. The number of anilines is 1. The van der Waals surface area contributed by atoms with Crippen molar-refractivity contribution < 1.29 is 8.42 Å². The Hall–Kier alpha value is -1.03. The number of benzene rings is 1. The van der Waals surface area contributed by atoms with Gasteiger partial charge in [0.15, 0.2) is 0 Å². The molecular weight excluding hydrogens is 354 g/mol. The van der Waals surface area contributed by atoms with Crippen molar-refractivity contribution in [3.8, 4) is 0 Å². The fourth-order valence-corrected chi connectivity index (χ4v) is 4.81. The molecule has 3 nitrogen and oxygen atoms in total. The van der Waals surface area contributed by atoms with E-state index in [4.69, 9.17) is 0 Å². The molecule has 0 saturated heterocycles. The van der Waals surface area contributed by atoms with Gasteiger partial charge in [0, 0.05) is 0 Å². The Morgan fingerprint density at radius 1 is 0.889 bits per heavy atom. The van der Waals surface area contributed by atoms with Crippen LogP contribution in [0.2, 0.25) is 0 Å². The summed E-state index contributed by atoms with van der Waals surface area (Å²) >= 11 is 0. The molecule has 0 saturated carbocycles. The van der Waals surface area contributed by atoms with Crippen molar-refractivity contribution >= 4 is 15.7 Å². The Kier molecular flexibility index (Phi) is 12.5. The van der Waals surface area contributed by atoms with Gasteiger partial charge in [-0.25, -0.2) is 8.42 Å². The summed E-state index contributed by atoms with van der Waals surface area (Å²) in [6, 6.07) is 7.24. The summed E-state index contributed by atoms with van der Waals surface area (Å²) < 4.78 is 26.9. The predicted octanol–water partition coefficient (Wildman–Crippen LogP) is 6.95. The number of hydrogen-bond donors (Lipinski definition) is 1. The van der Waals surface area contributed by atoms with Crippen LogP contribution in [0.15, 0.2) is 24.3 Å². The molecule has 0 heterocycles. The van der Waals surface area contributed by atoms with Crippen LogP contribution in [0.1, 0.15) is 96.5 Å². The molecule has 155 valence electrons. The van der Waals surface area contributed by atoms with Crippen LogP contribution in [-0.4, -0.2) is 14.2 Å². The Bertz CT molecular complexity index is 598. The first kappa shape index (κ1) is 24.0. The van der Waals surface area contributed by atoms with Crippen LogP contribution in [0.5, 0.6) is 0 Å². The highest BCUT2D eigenvalue weighted by Gasteiger charge is 2.11. The lowest BCUT2D eigenvalue weighted by molar-refractivity contribution is 0.408. The van der Waals surface area contributed by atoms with Crippen molar-refractivity contribution in [3.05, 3.63) is 36.8 Å². The average molecular weight is 395 g/mol. The van der Waals surface area contributed by atoms with Crippen LogP contribution in [0, 0.1) is 12.8 Å². The maximum absolute atomic E-state index is 12.1. The maximum Gasteiger partial charge on any atom is 0.232 e. The average Bonchev–Trinajstić information content (AvgIpc) is 2.64. The number of rotatable bonds is 16. The van der Waals surface area contributed by atoms with Crippen molar-refractivity contribution in [2.24, 2.45) is 5.92 Å². The molecule has 4 heteroatoms. The topological polar surface area (TPSA) is 46.2 Å². The van der Waals surface area contributed by atoms with Crippen molar-refractivity contribution in [1.29, 1.82) is 0 Å². The Morgan fingerprint density at radius 3 is 2.07 bits per heavy atom. The largest absolute Gasteiger partial charge is 0.283 e. The van der Waals surface area contributed by atoms with E-state index in [0.29, 0.717) is 11.3 Å². The third-order valence-electron chi connectivity index (χ3n) is 5.33. The molecule has 1 unspecified atom stereocenters. The summed E-state index contributed by atoms with van der Waals surface area (Å²) in [5.41, 5.74) is 1.29. The normalized spacial score (nSPS) is 12.9. The van der Waals surface area contributed by atoms with Crippen LogP contribution < -0.4 is 4.72 Å². The van der Waals surface area contributed by atoms with Gasteiger partial charge < -0.3 is 0 Å². The summed E-state index contributed by atoms with van der Waals surface area (Å²) in [6.07, 6.45) is 14.8. The second-order valence-corrected chi connectivity index (χ2v) is 9.60. The lowest BCUT2D eigenvalue weighted by atomic mass is 9.94. The van der Waals surface area contributed by atoms with Crippen LogP contribution in [0.25, 0.3) is 0 Å². The van der Waals surface area contributed by atoms with Crippen LogP contribution in [0.4, 0.5) is 5.69 Å². The molecule has 1 rings (SSSR count). The van der Waals surface area contributed by atoms with Crippen molar-refractivity contribution in [2.75, 3.05) is 10.5 Å². The second kappa shape index (κ2) is 14.0. The van der Waals surface area contributed by atoms with E-state index in [1.165, 1.54) is 57.8 Å². The number of para-hydroxylation sites is 1. The monoisotopic (exact) mass is 394 g/mol. The molecule has 1 aromatic rings. The van der Waals surface area contributed by atoms with E-state index in [0.717, 1.165) is 25.2 Å². The molecule has 0 aliphatic heterocycles. The summed E-state index contributed by atoms with van der Waals surface area (Å²) in [5, 5.41) is 0. The zero-order valence-corrected chi connectivity index (χ0v) is 18.3. The van der Waals surface area contributed by atoms with Crippen LogP contribution >= 0.6 is 0 Å². The SMILES string of the molecule is [CH2]c1ccccc1NS(=O)(=O)CCCCCCCCCCC(CC)CCC. The fraction of sp³-hybridized carbons (Fsp3) is 0.696. The summed E-state index contributed by atoms with van der Waals surface area (Å²) in [6.45, 7) is 8.45. The molecule has 0 aliphatic carbocycles. The standard InChI is InChI=1S/C23H40NO2S/c1-4-16-22(5-2)18-12-10-8-6-7-9-11-15-20-27(25,26)24-23-19-14-13-17-21(23)3/h13-14,17,19,22,24H,3-12,15-16,18,20H2,1-2H3. The summed E-state index contributed by atoms with van der Waals surface area (Å²) in [7, 11) is -3.27. The van der Waals surface area contributed by atoms with E-state index >= 15 is 0 Å². The minimum Gasteiger partial charge on any atom is -0.283 e. The van der Waals surface area contributed by atoms with Gasteiger partial charge in [-0.05, 0) is 30.9 Å². The molecule has 0 fully saturated rings. The van der Waals surface area contributed by atoms with E-state index in [2.05, 4.69) is 25.5 Å². The number of hydrogen-bond acceptors (Lipinski definition) is 2. The third kappa shape index (κ3) is 11.4. The minimum absolute atomic E-state index is 0.192. The van der Waals surface area contributed by atoms with Gasteiger partial charge in [-0.3, -0.25) is 4.72 Å². The highest BCUT2D eigenvalue weighted by Crippen LogP contribution is 2.20. The summed E-state index contributed by atoms with van der Waals surface area (Å²) in [5.74, 6) is 1.12. The quantitative estimate of drug-likeness (QED) is 0.308. The third-order valence-corrected chi connectivity index (χ3v) is 6.69. The minimum atomic E-state index is -3.27. The summed E-state index contributed by atoms with van der Waals surface area (Å²) in [4.78, 5) is 0. The first-order valence-electron chi connectivity index (χ1n) is 10.9. The number of nitrogens with one attached hydrogen (secondary N) is 1. The maximum atomic E-state index is 12.1. The first-order valence-corrected chi connectivity index (χ1v) is 12.5. The molecule has 0 aromatic heterocycles. The Labute approximate surface area is 168 Å². The number of sulfonamides is 1. The zero-order valence-electron chi connectivity index (χ0n) is 17.5. The molecule has 27 heavy (non-hydrogen) atoms. The van der Waals surface area contributed by atoms with Gasteiger partial charge in [0.05, 0.1) is 11.4 Å². The number of unbranched alkanes of at least 4 members (excludes halogenated alkanes) is 7. The van der Waals surface area contributed by atoms with Crippen LogP contribution in [0.3, 0.4) is 0 Å². The van der Waals surface area contributed by atoms with Gasteiger partial charge in [-0.2, -0.15) is 0 Å². The molecule has 0 spiro atoms. The van der Waals surface area contributed by atoms with E-state index in [1.807, 2.05) is 18.2 Å². The van der Waals surface area contributed by atoms with Gasteiger partial charge >= 0.3 is 0 Å². The molecule has 1 aromatic carbocycles. The second-order valence-electron chi connectivity index (χ2n) is 7.76. The van der Waals surface area contributed by atoms with Gasteiger partial charge in [0.2, 0.25) is 10.0 Å². The van der Waals surface area contributed by atoms with Crippen molar-refractivity contribution in [1.82, 2.24) is 0 Å². The van der Waals surface area contributed by atoms with Gasteiger partial charge in [-0.1, -0.05) is 103 Å². The molecule has 0 bridgehead atoms. The zero-order chi connectivity index (χ0) is 20.0. The van der Waals surface area contributed by atoms with E-state index < -0.39 is 10.0 Å². The van der Waals surface area contributed by atoms with Gasteiger partial charge in [-0.15, -0.1) is 0 Å². The van der Waals surface area contributed by atoms with Gasteiger partial charge in [0.1, 0.15) is 0 Å².